The first-order valence-electron chi connectivity index (χ1n) is 8.32. The number of carbonyl (C=O) groups excluding carboxylic acids is 1. The van der Waals surface area contributed by atoms with Crippen LogP contribution in [-0.4, -0.2) is 64.2 Å². The molecule has 0 spiro atoms. The summed E-state index contributed by atoms with van der Waals surface area (Å²) in [5.74, 6) is -0.129. The van der Waals surface area contributed by atoms with Crippen molar-refractivity contribution in [1.82, 2.24) is 15.5 Å². The Kier molecular flexibility index (Phi) is 9.20. The summed E-state index contributed by atoms with van der Waals surface area (Å²) in [5, 5.41) is 6.17. The second kappa shape index (κ2) is 10.6. The minimum atomic E-state index is -3.35. The highest BCUT2D eigenvalue weighted by Crippen LogP contribution is 2.13. The average Bonchev–Trinajstić information content (AvgIpc) is 2.55. The largest absolute Gasteiger partial charge is 0.351 e. The lowest BCUT2D eigenvalue weighted by Gasteiger charge is -2.27. The number of nitrogens with one attached hydrogen (secondary N) is 3. The molecular formula is C16H27ClN4O3S. The Hall–Kier alpha value is -1.35. The summed E-state index contributed by atoms with van der Waals surface area (Å²) >= 11 is 0. The van der Waals surface area contributed by atoms with Crippen molar-refractivity contribution in [2.45, 2.75) is 13.3 Å². The number of hydrogen-bond donors (Lipinski definition) is 3. The summed E-state index contributed by atoms with van der Waals surface area (Å²) in [6, 6.07) is 6.56. The lowest BCUT2D eigenvalue weighted by molar-refractivity contribution is 0.0947. The van der Waals surface area contributed by atoms with Crippen molar-refractivity contribution >= 4 is 34.0 Å². The van der Waals surface area contributed by atoms with Crippen LogP contribution in [0.15, 0.2) is 24.3 Å². The quantitative estimate of drug-likeness (QED) is 0.613. The van der Waals surface area contributed by atoms with E-state index in [0.717, 1.165) is 32.7 Å². The predicted molar refractivity (Wildman–Crippen MR) is 103 cm³/mol. The van der Waals surface area contributed by atoms with Crippen LogP contribution in [-0.2, 0) is 10.0 Å². The fourth-order valence-electron chi connectivity index (χ4n) is 2.59. The number of piperazine rings is 1. The van der Waals surface area contributed by atoms with Crippen LogP contribution >= 0.6 is 12.4 Å². The number of hydrogen-bond acceptors (Lipinski definition) is 5. The summed E-state index contributed by atoms with van der Waals surface area (Å²) in [6.45, 7) is 7.14. The van der Waals surface area contributed by atoms with E-state index < -0.39 is 10.0 Å². The third-order valence-electron chi connectivity index (χ3n) is 3.79. The molecule has 0 aromatic heterocycles. The fraction of sp³-hybridized carbons (Fsp3) is 0.562. The number of halogens is 1. The molecule has 1 aliphatic rings. The Balaban J connectivity index is 0.00000312. The molecule has 0 bridgehead atoms. The number of nitrogens with zero attached hydrogens (tertiary/aromatic N) is 1. The zero-order chi connectivity index (χ0) is 17.4. The number of rotatable bonds is 8. The molecular weight excluding hydrogens is 364 g/mol. The molecule has 3 N–H and O–H groups in total. The van der Waals surface area contributed by atoms with E-state index in [1.807, 2.05) is 6.92 Å². The van der Waals surface area contributed by atoms with Gasteiger partial charge in [0.15, 0.2) is 0 Å². The van der Waals surface area contributed by atoms with E-state index in [4.69, 9.17) is 0 Å². The molecule has 1 aromatic rings. The third-order valence-corrected chi connectivity index (χ3v) is 5.29. The molecule has 9 heteroatoms. The lowest BCUT2D eigenvalue weighted by Crippen LogP contribution is -2.46. The normalized spacial score (nSPS) is 15.2. The molecule has 0 radical (unpaired) electrons. The van der Waals surface area contributed by atoms with Crippen LogP contribution < -0.4 is 15.4 Å². The van der Waals surface area contributed by atoms with Gasteiger partial charge in [0, 0.05) is 50.5 Å². The molecule has 1 aliphatic heterocycles. The zero-order valence-corrected chi connectivity index (χ0v) is 16.1. The topological polar surface area (TPSA) is 90.5 Å². The average molecular weight is 391 g/mol. The van der Waals surface area contributed by atoms with Gasteiger partial charge in [0.2, 0.25) is 10.0 Å². The van der Waals surface area contributed by atoms with Crippen molar-refractivity contribution < 1.29 is 13.2 Å². The molecule has 7 nitrogen and oxygen atoms in total. The minimum absolute atomic E-state index is 0. The first kappa shape index (κ1) is 21.7. The van der Waals surface area contributed by atoms with Gasteiger partial charge in [0.25, 0.3) is 5.91 Å². The summed E-state index contributed by atoms with van der Waals surface area (Å²) in [4.78, 5) is 14.5. The van der Waals surface area contributed by atoms with Gasteiger partial charge in [0.05, 0.1) is 5.75 Å². The standard InChI is InChI=1S/C16H26N4O3S.ClH/c1-2-12-24(22,23)19-15-5-3-4-14(13-15)16(21)18-8-11-20-9-6-17-7-10-20;/h3-5,13,17,19H,2,6-12H2,1H3,(H,18,21);1H. The highest BCUT2D eigenvalue weighted by Gasteiger charge is 2.12. The van der Waals surface area contributed by atoms with E-state index in [0.29, 0.717) is 24.2 Å². The number of amides is 1. The van der Waals surface area contributed by atoms with E-state index in [2.05, 4.69) is 20.3 Å². The smallest absolute Gasteiger partial charge is 0.251 e. The van der Waals surface area contributed by atoms with Crippen LogP contribution in [0.25, 0.3) is 0 Å². The van der Waals surface area contributed by atoms with E-state index in [1.165, 1.54) is 0 Å². The molecule has 25 heavy (non-hydrogen) atoms. The SMILES string of the molecule is CCCS(=O)(=O)Nc1cccc(C(=O)NCCN2CCNCC2)c1.Cl. The van der Waals surface area contributed by atoms with E-state index in [1.54, 1.807) is 24.3 Å². The molecule has 1 aromatic carbocycles. The van der Waals surface area contributed by atoms with Gasteiger partial charge in [-0.1, -0.05) is 13.0 Å². The van der Waals surface area contributed by atoms with Gasteiger partial charge in [-0.3, -0.25) is 14.4 Å². The Morgan fingerprint density at radius 1 is 1.28 bits per heavy atom. The molecule has 1 amide bonds. The molecule has 0 saturated carbocycles. The van der Waals surface area contributed by atoms with Crippen LogP contribution in [0.5, 0.6) is 0 Å². The summed E-state index contributed by atoms with van der Waals surface area (Å²) < 4.78 is 26.1. The number of sulfonamides is 1. The zero-order valence-electron chi connectivity index (χ0n) is 14.5. The highest BCUT2D eigenvalue weighted by molar-refractivity contribution is 7.92. The van der Waals surface area contributed by atoms with E-state index in [-0.39, 0.29) is 24.1 Å². The van der Waals surface area contributed by atoms with Crippen LogP contribution in [0.1, 0.15) is 23.7 Å². The van der Waals surface area contributed by atoms with Crippen molar-refractivity contribution in [1.29, 1.82) is 0 Å². The molecule has 1 saturated heterocycles. The number of anilines is 1. The third kappa shape index (κ3) is 7.60. The molecule has 0 atom stereocenters. The molecule has 142 valence electrons. The first-order valence-corrected chi connectivity index (χ1v) is 9.97. The predicted octanol–water partition coefficient (Wildman–Crippen LogP) is 0.895. The number of carbonyl (C=O) groups is 1. The van der Waals surface area contributed by atoms with Crippen molar-refractivity contribution in [2.24, 2.45) is 0 Å². The van der Waals surface area contributed by atoms with Gasteiger partial charge >= 0.3 is 0 Å². The molecule has 0 unspecified atom stereocenters. The fourth-order valence-corrected chi connectivity index (χ4v) is 3.71. The number of benzene rings is 1. The second-order valence-corrected chi connectivity index (χ2v) is 7.69. The minimum Gasteiger partial charge on any atom is -0.351 e. The van der Waals surface area contributed by atoms with Gasteiger partial charge in [-0.2, -0.15) is 0 Å². The maximum absolute atomic E-state index is 12.2. The highest BCUT2D eigenvalue weighted by atomic mass is 35.5. The maximum Gasteiger partial charge on any atom is 0.251 e. The maximum atomic E-state index is 12.2. The lowest BCUT2D eigenvalue weighted by atomic mass is 10.2. The molecule has 1 fully saturated rings. The van der Waals surface area contributed by atoms with Crippen LogP contribution in [0.2, 0.25) is 0 Å². The first-order chi connectivity index (χ1) is 11.5. The van der Waals surface area contributed by atoms with Crippen LogP contribution in [0, 0.1) is 0 Å². The second-order valence-electron chi connectivity index (χ2n) is 5.85. The molecule has 1 heterocycles. The van der Waals surface area contributed by atoms with Gasteiger partial charge in [-0.05, 0) is 24.6 Å². The summed E-state index contributed by atoms with van der Waals surface area (Å²) in [7, 11) is -3.35. The summed E-state index contributed by atoms with van der Waals surface area (Å²) in [5.41, 5.74) is 0.866. The Labute approximate surface area is 156 Å². The monoisotopic (exact) mass is 390 g/mol. The van der Waals surface area contributed by atoms with Gasteiger partial charge in [-0.15, -0.1) is 12.4 Å². The van der Waals surface area contributed by atoms with E-state index >= 15 is 0 Å². The summed E-state index contributed by atoms with van der Waals surface area (Å²) in [6.07, 6.45) is 0.543. The Morgan fingerprint density at radius 3 is 2.68 bits per heavy atom. The van der Waals surface area contributed by atoms with Crippen molar-refractivity contribution in [3.63, 3.8) is 0 Å². The van der Waals surface area contributed by atoms with Crippen LogP contribution in [0.4, 0.5) is 5.69 Å². The Bertz CT molecular complexity index is 649. The van der Waals surface area contributed by atoms with Gasteiger partial charge < -0.3 is 10.6 Å². The van der Waals surface area contributed by atoms with Crippen LogP contribution in [0.3, 0.4) is 0 Å². The van der Waals surface area contributed by atoms with E-state index in [9.17, 15) is 13.2 Å². The van der Waals surface area contributed by atoms with Gasteiger partial charge in [-0.25, -0.2) is 8.42 Å². The molecule has 0 aliphatic carbocycles. The van der Waals surface area contributed by atoms with Crippen molar-refractivity contribution in [3.05, 3.63) is 29.8 Å². The molecule has 2 rings (SSSR count). The van der Waals surface area contributed by atoms with Crippen molar-refractivity contribution in [2.75, 3.05) is 49.7 Å². The Morgan fingerprint density at radius 2 is 2.00 bits per heavy atom. The van der Waals surface area contributed by atoms with Gasteiger partial charge in [0.1, 0.15) is 0 Å². The van der Waals surface area contributed by atoms with Crippen molar-refractivity contribution in [3.8, 4) is 0 Å².